The van der Waals surface area contributed by atoms with Gasteiger partial charge in [-0.05, 0) is 17.2 Å². The fourth-order valence-corrected chi connectivity index (χ4v) is 1.81. The predicted octanol–water partition coefficient (Wildman–Crippen LogP) is 0.337. The Morgan fingerprint density at radius 3 is 1.75 bits per heavy atom. The van der Waals surface area contributed by atoms with Crippen LogP contribution >= 0.6 is 0 Å². The molecule has 0 heterocycles. The molecule has 1 rings (SSSR count). The van der Waals surface area contributed by atoms with E-state index in [0.717, 1.165) is 12.1 Å². The second-order valence-corrected chi connectivity index (χ2v) is 3.88. The van der Waals surface area contributed by atoms with Crippen molar-refractivity contribution >= 4 is 23.9 Å². The first-order valence-electron chi connectivity index (χ1n) is 5.29. The summed E-state index contributed by atoms with van der Waals surface area (Å²) in [5.74, 6) is -5.77. The third-order valence-corrected chi connectivity index (χ3v) is 2.51. The molecule has 0 aromatic heterocycles. The Morgan fingerprint density at radius 1 is 0.800 bits per heavy atom. The fraction of sp³-hybridized carbons (Fsp3) is 0.167. The zero-order chi connectivity index (χ0) is 15.4. The van der Waals surface area contributed by atoms with Gasteiger partial charge in [0.1, 0.15) is 0 Å². The Bertz CT molecular complexity index is 602. The van der Waals surface area contributed by atoms with Crippen molar-refractivity contribution < 1.29 is 39.6 Å². The highest BCUT2D eigenvalue weighted by molar-refractivity contribution is 6.00. The van der Waals surface area contributed by atoms with E-state index in [9.17, 15) is 19.2 Å². The van der Waals surface area contributed by atoms with E-state index in [0.29, 0.717) is 0 Å². The highest BCUT2D eigenvalue weighted by atomic mass is 16.4. The summed E-state index contributed by atoms with van der Waals surface area (Å²) in [6.07, 6.45) is -1.47. The molecule has 0 bridgehead atoms. The number of carboxylic acid groups (broad SMARTS) is 4. The van der Waals surface area contributed by atoms with Gasteiger partial charge in [0, 0.05) is 0 Å². The van der Waals surface area contributed by atoms with Gasteiger partial charge >= 0.3 is 23.9 Å². The second-order valence-electron chi connectivity index (χ2n) is 3.88. The van der Waals surface area contributed by atoms with Crippen molar-refractivity contribution in [3.8, 4) is 0 Å². The Balaban J connectivity index is 3.59. The normalized spacial score (nSPS) is 10.0. The Morgan fingerprint density at radius 2 is 1.35 bits per heavy atom. The summed E-state index contributed by atoms with van der Waals surface area (Å²) < 4.78 is 0. The van der Waals surface area contributed by atoms with Crippen LogP contribution in [0, 0.1) is 0 Å². The molecule has 0 radical (unpaired) electrons. The van der Waals surface area contributed by atoms with E-state index >= 15 is 0 Å². The topological polar surface area (TPSA) is 149 Å². The first-order chi connectivity index (χ1) is 9.23. The van der Waals surface area contributed by atoms with E-state index < -0.39 is 53.4 Å². The summed E-state index contributed by atoms with van der Waals surface area (Å²) in [5.41, 5.74) is -1.63. The summed E-state index contributed by atoms with van der Waals surface area (Å²) in [5, 5.41) is 35.5. The molecule has 1 aromatic rings. The van der Waals surface area contributed by atoms with Crippen molar-refractivity contribution in [2.75, 3.05) is 0 Å². The molecule has 0 spiro atoms. The minimum Gasteiger partial charge on any atom is -0.481 e. The standard InChI is InChI=1S/C12H10O8/c13-8(14)3-5-1-2-6(11(17)18)7(4-9(15)16)10(5)12(19)20/h1-2H,3-4H2,(H,13,14)(H,15,16)(H,17,18)(H,19,20). The van der Waals surface area contributed by atoms with Crippen LogP contribution in [-0.2, 0) is 22.4 Å². The Kier molecular flexibility index (Phi) is 4.42. The van der Waals surface area contributed by atoms with Gasteiger partial charge in [0.25, 0.3) is 0 Å². The average Bonchev–Trinajstić information content (AvgIpc) is 2.26. The van der Waals surface area contributed by atoms with E-state index in [1.165, 1.54) is 0 Å². The Hall–Kier alpha value is -2.90. The third-order valence-electron chi connectivity index (χ3n) is 2.51. The van der Waals surface area contributed by atoms with E-state index in [-0.39, 0.29) is 5.56 Å². The van der Waals surface area contributed by atoms with Gasteiger partial charge in [0.2, 0.25) is 0 Å². The van der Waals surface area contributed by atoms with Crippen LogP contribution < -0.4 is 0 Å². The van der Waals surface area contributed by atoms with Crippen LogP contribution in [0.1, 0.15) is 31.8 Å². The molecular weight excluding hydrogens is 272 g/mol. The van der Waals surface area contributed by atoms with Crippen LogP contribution in [0.25, 0.3) is 0 Å². The van der Waals surface area contributed by atoms with Crippen molar-refractivity contribution in [3.63, 3.8) is 0 Å². The second kappa shape index (κ2) is 5.83. The van der Waals surface area contributed by atoms with Gasteiger partial charge in [0.15, 0.2) is 0 Å². The lowest BCUT2D eigenvalue weighted by Gasteiger charge is -2.12. The van der Waals surface area contributed by atoms with Crippen molar-refractivity contribution in [3.05, 3.63) is 34.4 Å². The van der Waals surface area contributed by atoms with Crippen molar-refractivity contribution in [1.82, 2.24) is 0 Å². The molecule has 1 aromatic carbocycles. The third kappa shape index (κ3) is 3.31. The number of benzene rings is 1. The predicted molar refractivity (Wildman–Crippen MR) is 63.0 cm³/mol. The highest BCUT2D eigenvalue weighted by Crippen LogP contribution is 2.22. The molecule has 0 aliphatic heterocycles. The molecule has 0 unspecified atom stereocenters. The number of carbonyl (C=O) groups is 4. The zero-order valence-electron chi connectivity index (χ0n) is 9.99. The minimum atomic E-state index is -1.57. The first kappa shape index (κ1) is 15.2. The van der Waals surface area contributed by atoms with Crippen LogP contribution in [-0.4, -0.2) is 44.3 Å². The molecule has 0 saturated carbocycles. The van der Waals surface area contributed by atoms with Gasteiger partial charge in [-0.1, -0.05) is 6.07 Å². The molecule has 8 heteroatoms. The maximum absolute atomic E-state index is 11.2. The monoisotopic (exact) mass is 282 g/mol. The number of carboxylic acids is 4. The van der Waals surface area contributed by atoms with Crippen LogP contribution in [0.4, 0.5) is 0 Å². The average molecular weight is 282 g/mol. The molecule has 0 aliphatic carbocycles. The fourth-order valence-electron chi connectivity index (χ4n) is 1.81. The highest BCUT2D eigenvalue weighted by Gasteiger charge is 2.24. The number of aromatic carboxylic acids is 2. The van der Waals surface area contributed by atoms with E-state index in [4.69, 9.17) is 20.4 Å². The molecule has 0 fully saturated rings. The van der Waals surface area contributed by atoms with E-state index in [2.05, 4.69) is 0 Å². The van der Waals surface area contributed by atoms with Gasteiger partial charge in [0.05, 0.1) is 24.0 Å². The first-order valence-corrected chi connectivity index (χ1v) is 5.29. The van der Waals surface area contributed by atoms with Gasteiger partial charge in [-0.25, -0.2) is 9.59 Å². The molecule has 0 saturated heterocycles. The summed E-state index contributed by atoms with van der Waals surface area (Å²) in [6, 6.07) is 2.07. The molecule has 4 N–H and O–H groups in total. The van der Waals surface area contributed by atoms with Gasteiger partial charge < -0.3 is 20.4 Å². The van der Waals surface area contributed by atoms with Gasteiger partial charge in [-0.15, -0.1) is 0 Å². The van der Waals surface area contributed by atoms with Crippen LogP contribution in [0.3, 0.4) is 0 Å². The molecular formula is C12H10O8. The summed E-state index contributed by atoms with van der Waals surface area (Å²) >= 11 is 0. The number of hydrogen-bond donors (Lipinski definition) is 4. The lowest BCUT2D eigenvalue weighted by molar-refractivity contribution is -0.137. The Labute approximate surface area is 111 Å². The zero-order valence-corrected chi connectivity index (χ0v) is 9.99. The van der Waals surface area contributed by atoms with Gasteiger partial charge in [-0.3, -0.25) is 9.59 Å². The quantitative estimate of drug-likeness (QED) is 0.583. The van der Waals surface area contributed by atoms with Crippen LogP contribution in [0.2, 0.25) is 0 Å². The number of aliphatic carboxylic acids is 2. The van der Waals surface area contributed by atoms with Crippen molar-refractivity contribution in [2.24, 2.45) is 0 Å². The maximum Gasteiger partial charge on any atom is 0.336 e. The van der Waals surface area contributed by atoms with E-state index in [1.54, 1.807) is 0 Å². The number of rotatable bonds is 6. The van der Waals surface area contributed by atoms with Crippen LogP contribution in [0.5, 0.6) is 0 Å². The lowest BCUT2D eigenvalue weighted by atomic mass is 9.92. The molecule has 0 amide bonds. The largest absolute Gasteiger partial charge is 0.481 e. The van der Waals surface area contributed by atoms with Crippen molar-refractivity contribution in [1.29, 1.82) is 0 Å². The molecule has 106 valence electrons. The molecule has 0 atom stereocenters. The molecule has 20 heavy (non-hydrogen) atoms. The SMILES string of the molecule is O=C(O)Cc1ccc(C(=O)O)c(CC(=O)O)c1C(=O)O. The number of hydrogen-bond acceptors (Lipinski definition) is 4. The maximum atomic E-state index is 11.2. The van der Waals surface area contributed by atoms with Crippen molar-refractivity contribution in [2.45, 2.75) is 12.8 Å². The molecule has 8 nitrogen and oxygen atoms in total. The van der Waals surface area contributed by atoms with Crippen LogP contribution in [0.15, 0.2) is 12.1 Å². The van der Waals surface area contributed by atoms with E-state index in [1.807, 2.05) is 0 Å². The summed E-state index contributed by atoms with van der Waals surface area (Å²) in [6.45, 7) is 0. The smallest absolute Gasteiger partial charge is 0.336 e. The van der Waals surface area contributed by atoms with Gasteiger partial charge in [-0.2, -0.15) is 0 Å². The summed E-state index contributed by atoms with van der Waals surface area (Å²) in [4.78, 5) is 43.6. The lowest BCUT2D eigenvalue weighted by Crippen LogP contribution is -2.17. The minimum absolute atomic E-state index is 0.147. The summed E-state index contributed by atoms with van der Waals surface area (Å²) in [7, 11) is 0. The molecule has 0 aliphatic rings.